The summed E-state index contributed by atoms with van der Waals surface area (Å²) in [5.74, 6) is 1.47. The summed E-state index contributed by atoms with van der Waals surface area (Å²) >= 11 is 0. The van der Waals surface area contributed by atoms with E-state index in [0.29, 0.717) is 25.2 Å². The number of aromatic nitrogens is 1. The maximum atomic E-state index is 13.0. The average molecular weight is 588 g/mol. The number of benzene rings is 4. The first-order valence-electron chi connectivity index (χ1n) is 14.6. The standard InChI is InChI=1S/C38H37NO5/c1-26-34(23-40)39(37(41)44-38(3,4)5)27(2)36(26)31-18-16-30(17-19-31)33-22-32(42-24-28-12-8-6-9-13-28)20-21-35(33)43-25-29-14-10-7-11-15-29/h6-23H,24-25H2,1-5H3. The highest BCUT2D eigenvalue weighted by Crippen LogP contribution is 2.37. The minimum absolute atomic E-state index is 0.288. The maximum absolute atomic E-state index is 13.0. The fraction of sp³-hybridized carbons (Fsp3) is 0.211. The molecule has 0 unspecified atom stereocenters. The van der Waals surface area contributed by atoms with Gasteiger partial charge >= 0.3 is 6.09 Å². The van der Waals surface area contributed by atoms with E-state index in [4.69, 9.17) is 14.2 Å². The molecule has 0 N–H and O–H groups in total. The lowest BCUT2D eigenvalue weighted by atomic mass is 9.97. The van der Waals surface area contributed by atoms with Gasteiger partial charge in [0.2, 0.25) is 0 Å². The summed E-state index contributed by atoms with van der Waals surface area (Å²) in [6, 6.07) is 34.0. The Balaban J connectivity index is 1.48. The highest BCUT2D eigenvalue weighted by atomic mass is 16.6. The number of ether oxygens (including phenoxy) is 3. The Morgan fingerprint density at radius 2 is 1.32 bits per heavy atom. The smallest absolute Gasteiger partial charge is 0.419 e. The molecule has 1 heterocycles. The van der Waals surface area contributed by atoms with Gasteiger partial charge in [-0.05, 0) is 80.6 Å². The average Bonchev–Trinajstić information content (AvgIpc) is 3.28. The third-order valence-corrected chi connectivity index (χ3v) is 7.31. The molecular weight excluding hydrogens is 550 g/mol. The van der Waals surface area contributed by atoms with Crippen molar-refractivity contribution in [3.05, 3.63) is 131 Å². The molecule has 0 saturated heterocycles. The molecule has 5 aromatic rings. The molecule has 0 aliphatic carbocycles. The monoisotopic (exact) mass is 587 g/mol. The van der Waals surface area contributed by atoms with Gasteiger partial charge in [-0.1, -0.05) is 84.9 Å². The largest absolute Gasteiger partial charge is 0.489 e. The van der Waals surface area contributed by atoms with Gasteiger partial charge in [-0.15, -0.1) is 0 Å². The molecule has 6 nitrogen and oxygen atoms in total. The number of carbonyl (C=O) groups excluding carboxylic acids is 2. The Hall–Kier alpha value is -5.10. The van der Waals surface area contributed by atoms with E-state index in [1.165, 1.54) is 4.57 Å². The second kappa shape index (κ2) is 13.0. The topological polar surface area (TPSA) is 66.8 Å². The highest BCUT2D eigenvalue weighted by Gasteiger charge is 2.26. The molecule has 1 aromatic heterocycles. The van der Waals surface area contributed by atoms with Crippen LogP contribution in [0, 0.1) is 13.8 Å². The van der Waals surface area contributed by atoms with Crippen LogP contribution in [0.3, 0.4) is 0 Å². The molecule has 44 heavy (non-hydrogen) atoms. The van der Waals surface area contributed by atoms with Gasteiger partial charge in [0.25, 0.3) is 0 Å². The zero-order chi connectivity index (χ0) is 31.3. The summed E-state index contributed by atoms with van der Waals surface area (Å²) < 4.78 is 19.4. The van der Waals surface area contributed by atoms with Crippen molar-refractivity contribution >= 4 is 12.4 Å². The molecule has 0 atom stereocenters. The first kappa shape index (κ1) is 30.4. The van der Waals surface area contributed by atoms with Crippen LogP contribution in [0.4, 0.5) is 4.79 Å². The Bertz CT molecular complexity index is 1750. The Morgan fingerprint density at radius 3 is 1.89 bits per heavy atom. The van der Waals surface area contributed by atoms with Crippen LogP contribution in [0.5, 0.6) is 11.5 Å². The van der Waals surface area contributed by atoms with E-state index in [-0.39, 0.29) is 5.69 Å². The van der Waals surface area contributed by atoms with Crippen molar-refractivity contribution in [3.8, 4) is 33.8 Å². The van der Waals surface area contributed by atoms with Crippen LogP contribution >= 0.6 is 0 Å². The molecular formula is C38H37NO5. The summed E-state index contributed by atoms with van der Waals surface area (Å²) in [5, 5.41) is 0. The normalized spacial score (nSPS) is 11.2. The molecule has 0 fully saturated rings. The summed E-state index contributed by atoms with van der Waals surface area (Å²) in [6.07, 6.45) is 0.136. The Morgan fingerprint density at radius 1 is 0.750 bits per heavy atom. The van der Waals surface area contributed by atoms with Crippen molar-refractivity contribution < 1.29 is 23.8 Å². The van der Waals surface area contributed by atoms with Gasteiger partial charge in [-0.25, -0.2) is 9.36 Å². The van der Waals surface area contributed by atoms with Gasteiger partial charge in [0, 0.05) is 16.8 Å². The third kappa shape index (κ3) is 6.92. The summed E-state index contributed by atoms with van der Waals surface area (Å²) in [4.78, 5) is 25.1. The number of hydrogen-bond donors (Lipinski definition) is 0. The number of hydrogen-bond acceptors (Lipinski definition) is 5. The molecule has 0 amide bonds. The van der Waals surface area contributed by atoms with E-state index >= 15 is 0 Å². The predicted octanol–water partition coefficient (Wildman–Crippen LogP) is 9.19. The van der Waals surface area contributed by atoms with Crippen LogP contribution in [-0.2, 0) is 18.0 Å². The first-order chi connectivity index (χ1) is 21.1. The molecule has 0 aliphatic heterocycles. The summed E-state index contributed by atoms with van der Waals surface area (Å²) in [6.45, 7) is 9.97. The van der Waals surface area contributed by atoms with E-state index < -0.39 is 11.7 Å². The lowest BCUT2D eigenvalue weighted by Crippen LogP contribution is -2.28. The Kier molecular flexibility index (Phi) is 9.00. The number of nitrogens with zero attached hydrogens (tertiary/aromatic N) is 1. The number of aldehydes is 1. The van der Waals surface area contributed by atoms with E-state index in [2.05, 4.69) is 0 Å². The quantitative estimate of drug-likeness (QED) is 0.161. The van der Waals surface area contributed by atoms with Gasteiger partial charge in [-0.3, -0.25) is 4.79 Å². The second-order valence-electron chi connectivity index (χ2n) is 11.7. The second-order valence-corrected chi connectivity index (χ2v) is 11.7. The van der Waals surface area contributed by atoms with E-state index in [1.54, 1.807) is 20.8 Å². The van der Waals surface area contributed by atoms with E-state index in [0.717, 1.165) is 50.4 Å². The summed E-state index contributed by atoms with van der Waals surface area (Å²) in [7, 11) is 0. The van der Waals surface area contributed by atoms with Gasteiger partial charge in [0.05, 0.1) is 5.69 Å². The van der Waals surface area contributed by atoms with Crippen molar-refractivity contribution in [3.63, 3.8) is 0 Å². The van der Waals surface area contributed by atoms with Crippen LogP contribution in [0.1, 0.15) is 53.6 Å². The van der Waals surface area contributed by atoms with Crippen molar-refractivity contribution in [2.75, 3.05) is 0 Å². The summed E-state index contributed by atoms with van der Waals surface area (Å²) in [5.41, 5.74) is 6.67. The number of carbonyl (C=O) groups is 2. The van der Waals surface area contributed by atoms with Crippen LogP contribution in [0.25, 0.3) is 22.3 Å². The van der Waals surface area contributed by atoms with Gasteiger partial charge in [0.15, 0.2) is 6.29 Å². The first-order valence-corrected chi connectivity index (χ1v) is 14.6. The fourth-order valence-corrected chi connectivity index (χ4v) is 5.21. The van der Waals surface area contributed by atoms with Crippen molar-refractivity contribution in [1.29, 1.82) is 0 Å². The molecule has 4 aromatic carbocycles. The lowest BCUT2D eigenvalue weighted by molar-refractivity contribution is 0.0528. The molecule has 0 spiro atoms. The molecule has 5 rings (SSSR count). The molecule has 0 radical (unpaired) electrons. The molecule has 0 aliphatic rings. The van der Waals surface area contributed by atoms with Crippen LogP contribution < -0.4 is 9.47 Å². The predicted molar refractivity (Wildman–Crippen MR) is 173 cm³/mol. The van der Waals surface area contributed by atoms with Crippen LogP contribution in [0.2, 0.25) is 0 Å². The lowest BCUT2D eigenvalue weighted by Gasteiger charge is -2.20. The van der Waals surface area contributed by atoms with Crippen molar-refractivity contribution in [1.82, 2.24) is 4.57 Å². The van der Waals surface area contributed by atoms with Crippen LogP contribution in [-0.4, -0.2) is 22.5 Å². The molecule has 224 valence electrons. The molecule has 0 bridgehead atoms. The number of rotatable bonds is 9. The SMILES string of the molecule is Cc1c(-c2ccc(-c3cc(OCc4ccccc4)ccc3OCc3ccccc3)cc2)c(C)n(C(=O)OC(C)(C)C)c1C=O. The van der Waals surface area contributed by atoms with Crippen molar-refractivity contribution in [2.45, 2.75) is 53.4 Å². The van der Waals surface area contributed by atoms with E-state index in [1.807, 2.05) is 117 Å². The maximum Gasteiger partial charge on any atom is 0.419 e. The van der Waals surface area contributed by atoms with Gasteiger partial charge in [0.1, 0.15) is 30.3 Å². The third-order valence-electron chi connectivity index (χ3n) is 7.31. The highest BCUT2D eigenvalue weighted by molar-refractivity contribution is 5.91. The van der Waals surface area contributed by atoms with Crippen molar-refractivity contribution in [2.24, 2.45) is 0 Å². The minimum atomic E-state index is -0.691. The zero-order valence-corrected chi connectivity index (χ0v) is 25.8. The molecule has 6 heteroatoms. The molecule has 0 saturated carbocycles. The van der Waals surface area contributed by atoms with Gasteiger partial charge < -0.3 is 14.2 Å². The zero-order valence-electron chi connectivity index (χ0n) is 25.8. The van der Waals surface area contributed by atoms with Gasteiger partial charge in [-0.2, -0.15) is 0 Å². The van der Waals surface area contributed by atoms with Crippen LogP contribution in [0.15, 0.2) is 103 Å². The minimum Gasteiger partial charge on any atom is -0.489 e. The Labute approximate surface area is 258 Å². The fourth-order valence-electron chi connectivity index (χ4n) is 5.21. The van der Waals surface area contributed by atoms with E-state index in [9.17, 15) is 9.59 Å².